The van der Waals surface area contributed by atoms with Gasteiger partial charge in [-0.05, 0) is 86.2 Å². The first kappa shape index (κ1) is 74.8. The van der Waals surface area contributed by atoms with Gasteiger partial charge in [-0.25, -0.2) is 0 Å². The summed E-state index contributed by atoms with van der Waals surface area (Å²) >= 11 is 29.7. The zero-order valence-electron chi connectivity index (χ0n) is 56.9. The highest BCUT2D eigenvalue weighted by Crippen LogP contribution is 2.73. The van der Waals surface area contributed by atoms with Crippen LogP contribution in [0, 0.1) is 0 Å². The largest absolute Gasteiger partial charge is 0.399 e. The standard InChI is InChI=1S/2C25H30Br2O4Si.2C10H14Br2O4/c2*1-22(2,3)32(17-12-8-6-9-13-17,18-14-10-7-11-15-18)31-20-19-21(29-23(4,5)28-19)30-24(20)16-25(24,26)27;2*1-8(2)14-5-6(15-8)9(4-10(9,11)12)16-7(5)13-3/h2*6-15,19-21H,16H2,1-5H3;2*5-7H,4H2,1-3H3/t19-,20?,21-,24+;19-,20?,21-,24-;5-,6?,7+,9+;5-,6?,7+,9-/m0000/s1. The number of fused-ring (bicyclic) bond motifs is 6. The molecule has 4 unspecified atom stereocenters. The Morgan fingerprint density at radius 3 is 0.802 bits per heavy atom. The van der Waals surface area contributed by atoms with Gasteiger partial charge in [-0.15, -0.1) is 0 Å². The van der Waals surface area contributed by atoms with Gasteiger partial charge in [0.2, 0.25) is 0 Å². The molecular weight excluding hydrogens is 1790 g/mol. The molecule has 16 rings (SSSR count). The highest BCUT2D eigenvalue weighted by atomic mass is 79.9. The third kappa shape index (κ3) is 12.6. The van der Waals surface area contributed by atoms with Crippen LogP contribution in [0.2, 0.25) is 10.1 Å². The third-order valence-corrected chi connectivity index (χ3v) is 38.2. The van der Waals surface area contributed by atoms with Crippen LogP contribution in [0.4, 0.5) is 0 Å². The second kappa shape index (κ2) is 25.1. The molecule has 16 atom stereocenters. The minimum absolute atomic E-state index is 0.0915. The number of ether oxygens (including phenoxy) is 14. The smallest absolute Gasteiger partial charge is 0.261 e. The van der Waals surface area contributed by atoms with Crippen molar-refractivity contribution in [3.63, 3.8) is 0 Å². The summed E-state index contributed by atoms with van der Waals surface area (Å²) in [5.74, 6) is -2.55. The van der Waals surface area contributed by atoms with Crippen LogP contribution in [0.1, 0.15) is 123 Å². The quantitative estimate of drug-likeness (QED) is 0.109. The first-order valence-electron chi connectivity index (χ1n) is 32.7. The van der Waals surface area contributed by atoms with Gasteiger partial charge in [0.05, 0.1) is 0 Å². The van der Waals surface area contributed by atoms with E-state index in [0.717, 1.165) is 25.7 Å². The van der Waals surface area contributed by atoms with Gasteiger partial charge in [-0.1, -0.05) is 290 Å². The number of hydrogen-bond acceptors (Lipinski definition) is 16. The molecule has 0 amide bonds. The van der Waals surface area contributed by atoms with Crippen molar-refractivity contribution in [3.05, 3.63) is 121 Å². The van der Waals surface area contributed by atoms with Crippen LogP contribution in [0.3, 0.4) is 0 Å². The van der Waals surface area contributed by atoms with Crippen LogP contribution in [0.25, 0.3) is 0 Å². The summed E-state index contributed by atoms with van der Waals surface area (Å²) in [6.45, 7) is 29.1. The van der Waals surface area contributed by atoms with Crippen molar-refractivity contribution in [2.24, 2.45) is 0 Å². The minimum atomic E-state index is -2.79. The van der Waals surface area contributed by atoms with Crippen LogP contribution in [0.15, 0.2) is 121 Å². The average molecular weight is 1880 g/mol. The number of rotatable bonds is 10. The van der Waals surface area contributed by atoms with E-state index in [4.69, 9.17) is 75.2 Å². The Balaban J connectivity index is 0.000000121. The van der Waals surface area contributed by atoms with Gasteiger partial charge in [0, 0.05) is 39.9 Å². The average Bonchev–Trinajstić information content (AvgIpc) is 1.52. The molecule has 8 saturated heterocycles. The number of alkyl halides is 8. The summed E-state index contributed by atoms with van der Waals surface area (Å²) in [5, 5.41) is 4.69. The maximum atomic E-state index is 7.51. The molecule has 8 heterocycles. The third-order valence-electron chi connectivity index (χ3n) is 20.5. The fourth-order valence-corrected chi connectivity index (χ4v) is 31.2. The molecule has 0 radical (unpaired) electrons. The predicted molar refractivity (Wildman–Crippen MR) is 398 cm³/mol. The van der Waals surface area contributed by atoms with Crippen molar-refractivity contribution in [2.45, 2.75) is 265 Å². The molecule has 8 aliphatic heterocycles. The summed E-state index contributed by atoms with van der Waals surface area (Å²) in [7, 11) is -2.32. The summed E-state index contributed by atoms with van der Waals surface area (Å²) in [5.41, 5.74) is -1.84. The van der Waals surface area contributed by atoms with Crippen molar-refractivity contribution in [1.29, 1.82) is 0 Å². The second-order valence-electron chi connectivity index (χ2n) is 31.1. The van der Waals surface area contributed by atoms with E-state index >= 15 is 0 Å². The molecule has 4 spiro atoms. The highest BCUT2D eigenvalue weighted by molar-refractivity contribution is 9.26. The van der Waals surface area contributed by atoms with E-state index in [1.807, 2.05) is 55.4 Å². The van der Waals surface area contributed by atoms with Crippen LogP contribution in [0.5, 0.6) is 0 Å². The van der Waals surface area contributed by atoms with Crippen LogP contribution in [-0.2, 0) is 75.2 Å². The predicted octanol–water partition coefficient (Wildman–Crippen LogP) is 14.4. The maximum Gasteiger partial charge on any atom is 0.261 e. The molecule has 26 heteroatoms. The van der Waals surface area contributed by atoms with E-state index in [-0.39, 0.29) is 95.6 Å². The molecule has 16 nitrogen and oxygen atoms in total. The Kier molecular flexibility index (Phi) is 19.5. The van der Waals surface area contributed by atoms with Crippen LogP contribution >= 0.6 is 127 Å². The SMILES string of the molecule is CC1(C)O[C@H]2O[C@@]3(CC3(Br)Br)C(O[Si](c3ccccc3)(c3ccccc3)C(C)(C)C)[C@@H]2O1.CC1(C)O[C@H]2O[C@]3(CC3(Br)Br)C(O[Si](c3ccccc3)(c3ccccc3)C(C)(C)C)[C@@H]2O1.CO[C@@H]1O[C@@]2(CC2(Br)Br)C2OC(C)(C)O[C@@H]21.CO[C@@H]1O[C@]2(CC2(Br)Br)C2OC(C)(C)O[C@@H]21. The molecular formula is C70H88Br8O16Si2. The van der Waals surface area contributed by atoms with Gasteiger partial charge < -0.3 is 75.2 Å². The Morgan fingerprint density at radius 1 is 0.333 bits per heavy atom. The lowest BCUT2D eigenvalue weighted by molar-refractivity contribution is -0.232. The molecule has 4 aromatic rings. The van der Waals surface area contributed by atoms with E-state index in [2.05, 4.69) is 290 Å². The fraction of sp³-hybridized carbons (Fsp3) is 0.657. The molecule has 12 aliphatic rings. The molecule has 0 aromatic heterocycles. The van der Waals surface area contributed by atoms with Crippen molar-refractivity contribution < 1.29 is 75.2 Å². The molecule has 96 heavy (non-hydrogen) atoms. The number of methoxy groups -OCH3 is 2. The molecule has 528 valence electrons. The van der Waals surface area contributed by atoms with Crippen LogP contribution < -0.4 is 20.7 Å². The minimum Gasteiger partial charge on any atom is -0.399 e. The van der Waals surface area contributed by atoms with E-state index in [0.29, 0.717) is 0 Å². The first-order valence-corrected chi connectivity index (χ1v) is 42.9. The number of hydrogen-bond donors (Lipinski definition) is 0. The van der Waals surface area contributed by atoms with Crippen molar-refractivity contribution >= 4 is 165 Å². The van der Waals surface area contributed by atoms with E-state index in [9.17, 15) is 0 Å². The Labute approximate surface area is 634 Å². The Hall–Kier alpha value is 0.514. The highest BCUT2D eigenvalue weighted by Gasteiger charge is 2.84. The molecule has 0 N–H and O–H groups in total. The number of halogens is 8. The van der Waals surface area contributed by atoms with E-state index in [1.54, 1.807) is 14.2 Å². The van der Waals surface area contributed by atoms with Gasteiger partial charge in [0.15, 0.2) is 48.3 Å². The zero-order chi connectivity index (χ0) is 69.5. The van der Waals surface area contributed by atoms with Crippen molar-refractivity contribution in [3.8, 4) is 0 Å². The van der Waals surface area contributed by atoms with E-state index < -0.39 is 63.6 Å². The first-order chi connectivity index (χ1) is 44.5. The normalized spacial score (nSPS) is 39.2. The number of benzene rings is 4. The molecule has 0 bridgehead atoms. The molecule has 4 aromatic carbocycles. The molecule has 12 fully saturated rings. The molecule has 4 aliphatic carbocycles. The summed E-state index contributed by atoms with van der Waals surface area (Å²) in [6, 6.07) is 42.8. The van der Waals surface area contributed by atoms with E-state index in [1.165, 1.54) is 20.7 Å². The maximum absolute atomic E-state index is 7.51. The fourth-order valence-electron chi connectivity index (χ4n) is 15.9. The Bertz CT molecular complexity index is 3190. The van der Waals surface area contributed by atoms with Crippen molar-refractivity contribution in [2.75, 3.05) is 14.2 Å². The van der Waals surface area contributed by atoms with Crippen molar-refractivity contribution in [1.82, 2.24) is 0 Å². The van der Waals surface area contributed by atoms with Crippen LogP contribution in [-0.4, -0.2) is 163 Å². The van der Waals surface area contributed by atoms with Gasteiger partial charge >= 0.3 is 0 Å². The van der Waals surface area contributed by atoms with Gasteiger partial charge in [-0.2, -0.15) is 0 Å². The summed E-state index contributed by atoms with van der Waals surface area (Å²) in [6.07, 6.45) is -0.0485. The lowest BCUT2D eigenvalue weighted by Gasteiger charge is -2.46. The van der Waals surface area contributed by atoms with Gasteiger partial charge in [0.1, 0.15) is 84.2 Å². The van der Waals surface area contributed by atoms with Gasteiger partial charge in [0.25, 0.3) is 16.6 Å². The zero-order valence-corrected chi connectivity index (χ0v) is 71.5. The summed E-state index contributed by atoms with van der Waals surface area (Å²) in [4.78, 5) is 0. The lowest BCUT2D eigenvalue weighted by atomic mass is 10.1. The Morgan fingerprint density at radius 2 is 0.573 bits per heavy atom. The molecule has 4 saturated carbocycles. The topological polar surface area (TPSA) is 148 Å². The monoisotopic (exact) mass is 1870 g/mol. The summed E-state index contributed by atoms with van der Waals surface area (Å²) < 4.78 is 98.0. The lowest BCUT2D eigenvalue weighted by Crippen LogP contribution is -2.69. The van der Waals surface area contributed by atoms with Gasteiger partial charge in [-0.3, -0.25) is 0 Å². The second-order valence-corrected chi connectivity index (χ2v) is 54.7.